The predicted octanol–water partition coefficient (Wildman–Crippen LogP) is 1.90. The summed E-state index contributed by atoms with van der Waals surface area (Å²) >= 11 is 0. The second-order valence-corrected chi connectivity index (χ2v) is 7.49. The van der Waals surface area contributed by atoms with Gasteiger partial charge >= 0.3 is 0 Å². The van der Waals surface area contributed by atoms with Crippen molar-refractivity contribution in [2.24, 2.45) is 0 Å². The molecule has 0 aromatic rings. The first kappa shape index (κ1) is 15.8. The molecule has 1 heterocycles. The summed E-state index contributed by atoms with van der Waals surface area (Å²) in [6.45, 7) is 11.1. The number of nitrogens with one attached hydrogen (secondary N) is 2. The molecule has 0 aromatic carbocycles. The number of amides is 1. The van der Waals surface area contributed by atoms with Crippen LogP contribution >= 0.6 is 0 Å². The average Bonchev–Trinajstić information content (AvgIpc) is 2.40. The predicted molar refractivity (Wildman–Crippen MR) is 82.7 cm³/mol. The highest BCUT2D eigenvalue weighted by Crippen LogP contribution is 2.28. The molecule has 1 amide bonds. The molecule has 2 aliphatic rings. The van der Waals surface area contributed by atoms with E-state index in [-0.39, 0.29) is 11.4 Å². The van der Waals surface area contributed by atoms with Gasteiger partial charge in [-0.2, -0.15) is 0 Å². The van der Waals surface area contributed by atoms with Crippen LogP contribution in [0.25, 0.3) is 0 Å². The van der Waals surface area contributed by atoms with Crippen molar-refractivity contribution < 1.29 is 4.79 Å². The minimum absolute atomic E-state index is 0.0195. The van der Waals surface area contributed by atoms with Crippen molar-refractivity contribution in [3.8, 4) is 0 Å². The van der Waals surface area contributed by atoms with E-state index in [2.05, 4.69) is 29.4 Å². The van der Waals surface area contributed by atoms with Gasteiger partial charge in [-0.1, -0.05) is 19.3 Å². The van der Waals surface area contributed by atoms with E-state index in [4.69, 9.17) is 0 Å². The minimum atomic E-state index is -0.421. The molecule has 116 valence electrons. The largest absolute Gasteiger partial charge is 0.353 e. The zero-order valence-electron chi connectivity index (χ0n) is 13.6. The third kappa shape index (κ3) is 3.34. The van der Waals surface area contributed by atoms with Crippen LogP contribution < -0.4 is 10.6 Å². The molecule has 2 N–H and O–H groups in total. The third-order valence-electron chi connectivity index (χ3n) is 5.02. The first-order valence-corrected chi connectivity index (χ1v) is 8.13. The van der Waals surface area contributed by atoms with Crippen molar-refractivity contribution in [3.05, 3.63) is 0 Å². The Balaban J connectivity index is 1.89. The fourth-order valence-corrected chi connectivity index (χ4v) is 3.76. The van der Waals surface area contributed by atoms with Crippen LogP contribution in [0.5, 0.6) is 0 Å². The van der Waals surface area contributed by atoms with Gasteiger partial charge in [0.05, 0.1) is 5.54 Å². The van der Waals surface area contributed by atoms with Gasteiger partial charge in [-0.25, -0.2) is 0 Å². The fraction of sp³-hybridized carbons (Fsp3) is 0.938. The Labute approximate surface area is 123 Å². The van der Waals surface area contributed by atoms with Gasteiger partial charge in [0.1, 0.15) is 0 Å². The van der Waals surface area contributed by atoms with Crippen LogP contribution in [0.4, 0.5) is 0 Å². The SMILES string of the molecule is CC1(C)CNC(=O)C(C)(C)N1CCNC1CCCCC1. The van der Waals surface area contributed by atoms with Crippen LogP contribution in [0, 0.1) is 0 Å². The van der Waals surface area contributed by atoms with E-state index < -0.39 is 5.54 Å². The van der Waals surface area contributed by atoms with Crippen LogP contribution in [0.15, 0.2) is 0 Å². The molecule has 2 rings (SSSR count). The fourth-order valence-electron chi connectivity index (χ4n) is 3.76. The second-order valence-electron chi connectivity index (χ2n) is 7.49. The molecule has 4 nitrogen and oxygen atoms in total. The highest BCUT2D eigenvalue weighted by atomic mass is 16.2. The normalized spacial score (nSPS) is 27.3. The Bertz CT molecular complexity index is 346. The van der Waals surface area contributed by atoms with Gasteiger partial charge in [0.25, 0.3) is 0 Å². The lowest BCUT2D eigenvalue weighted by atomic mass is 9.88. The molecule has 20 heavy (non-hydrogen) atoms. The number of carbonyl (C=O) groups is 1. The molecule has 0 spiro atoms. The summed E-state index contributed by atoms with van der Waals surface area (Å²) in [5, 5.41) is 6.72. The van der Waals surface area contributed by atoms with Crippen LogP contribution in [0.3, 0.4) is 0 Å². The highest BCUT2D eigenvalue weighted by molar-refractivity contribution is 5.86. The second kappa shape index (κ2) is 6.02. The summed E-state index contributed by atoms with van der Waals surface area (Å²) < 4.78 is 0. The van der Waals surface area contributed by atoms with Gasteiger partial charge in [0.2, 0.25) is 5.91 Å². The number of hydrogen-bond donors (Lipinski definition) is 2. The molecule has 1 aliphatic heterocycles. The maximum absolute atomic E-state index is 12.1. The average molecular weight is 281 g/mol. The summed E-state index contributed by atoms with van der Waals surface area (Å²) in [6.07, 6.45) is 6.74. The van der Waals surface area contributed by atoms with E-state index in [1.807, 2.05) is 13.8 Å². The van der Waals surface area contributed by atoms with Crippen LogP contribution in [0.1, 0.15) is 59.8 Å². The standard InChI is InChI=1S/C16H31N3O/c1-15(2)12-18-14(20)16(3,4)19(15)11-10-17-13-8-6-5-7-9-13/h13,17H,5-12H2,1-4H3,(H,18,20). The number of nitrogens with zero attached hydrogens (tertiary/aromatic N) is 1. The molecule has 1 aliphatic carbocycles. The summed E-state index contributed by atoms with van der Waals surface area (Å²) in [5.41, 5.74) is -0.401. The number of carbonyl (C=O) groups excluding carboxylic acids is 1. The molecule has 1 saturated heterocycles. The Kier molecular flexibility index (Phi) is 4.75. The van der Waals surface area contributed by atoms with Gasteiger partial charge < -0.3 is 10.6 Å². The summed E-state index contributed by atoms with van der Waals surface area (Å²) in [5.74, 6) is 0.148. The highest BCUT2D eigenvalue weighted by Gasteiger charge is 2.46. The number of hydrogen-bond acceptors (Lipinski definition) is 3. The first-order valence-electron chi connectivity index (χ1n) is 8.13. The summed E-state index contributed by atoms with van der Waals surface area (Å²) in [4.78, 5) is 14.5. The molecule has 0 atom stereocenters. The van der Waals surface area contributed by atoms with Gasteiger partial charge in [0.15, 0.2) is 0 Å². The van der Waals surface area contributed by atoms with E-state index in [1.165, 1.54) is 32.1 Å². The van der Waals surface area contributed by atoms with E-state index in [1.54, 1.807) is 0 Å². The van der Waals surface area contributed by atoms with Gasteiger partial charge in [-0.15, -0.1) is 0 Å². The zero-order chi connectivity index (χ0) is 14.8. The van der Waals surface area contributed by atoms with Crippen molar-refractivity contribution >= 4 is 5.91 Å². The monoisotopic (exact) mass is 281 g/mol. The van der Waals surface area contributed by atoms with E-state index in [9.17, 15) is 4.79 Å². The smallest absolute Gasteiger partial charge is 0.240 e. The Morgan fingerprint density at radius 3 is 2.50 bits per heavy atom. The Morgan fingerprint density at radius 2 is 1.85 bits per heavy atom. The maximum atomic E-state index is 12.1. The quantitative estimate of drug-likeness (QED) is 0.827. The molecular formula is C16H31N3O. The van der Waals surface area contributed by atoms with Gasteiger partial charge in [-0.3, -0.25) is 9.69 Å². The molecule has 4 heteroatoms. The van der Waals surface area contributed by atoms with Crippen molar-refractivity contribution in [1.82, 2.24) is 15.5 Å². The van der Waals surface area contributed by atoms with Gasteiger partial charge in [-0.05, 0) is 40.5 Å². The lowest BCUT2D eigenvalue weighted by Gasteiger charge is -2.51. The lowest BCUT2D eigenvalue weighted by molar-refractivity contribution is -0.142. The maximum Gasteiger partial charge on any atom is 0.240 e. The van der Waals surface area contributed by atoms with Crippen molar-refractivity contribution in [2.75, 3.05) is 19.6 Å². The van der Waals surface area contributed by atoms with Crippen molar-refractivity contribution in [1.29, 1.82) is 0 Å². The van der Waals surface area contributed by atoms with Crippen molar-refractivity contribution in [2.45, 2.75) is 76.9 Å². The van der Waals surface area contributed by atoms with E-state index in [0.717, 1.165) is 19.6 Å². The Morgan fingerprint density at radius 1 is 1.20 bits per heavy atom. The molecule has 2 fully saturated rings. The number of piperazine rings is 1. The van der Waals surface area contributed by atoms with Gasteiger partial charge in [0, 0.05) is 31.2 Å². The topological polar surface area (TPSA) is 44.4 Å². The molecule has 1 saturated carbocycles. The molecule has 0 bridgehead atoms. The van der Waals surface area contributed by atoms with E-state index in [0.29, 0.717) is 6.04 Å². The van der Waals surface area contributed by atoms with Crippen LogP contribution in [0.2, 0.25) is 0 Å². The molecule has 0 unspecified atom stereocenters. The van der Waals surface area contributed by atoms with E-state index >= 15 is 0 Å². The summed E-state index contributed by atoms with van der Waals surface area (Å²) in [7, 11) is 0. The summed E-state index contributed by atoms with van der Waals surface area (Å²) in [6, 6.07) is 0.689. The van der Waals surface area contributed by atoms with Crippen molar-refractivity contribution in [3.63, 3.8) is 0 Å². The van der Waals surface area contributed by atoms with Crippen LogP contribution in [-0.2, 0) is 4.79 Å². The first-order chi connectivity index (χ1) is 9.34. The minimum Gasteiger partial charge on any atom is -0.353 e. The molecule has 0 aromatic heterocycles. The van der Waals surface area contributed by atoms with Crippen LogP contribution in [-0.4, -0.2) is 47.6 Å². The Hall–Kier alpha value is -0.610. The third-order valence-corrected chi connectivity index (χ3v) is 5.02. The number of rotatable bonds is 4. The lowest BCUT2D eigenvalue weighted by Crippen LogP contribution is -2.71. The zero-order valence-corrected chi connectivity index (χ0v) is 13.6. The molecular weight excluding hydrogens is 250 g/mol. The molecule has 0 radical (unpaired) electrons.